The summed E-state index contributed by atoms with van der Waals surface area (Å²) in [6.07, 6.45) is 1.42. The van der Waals surface area contributed by atoms with Gasteiger partial charge < -0.3 is 4.74 Å². The lowest BCUT2D eigenvalue weighted by Crippen LogP contribution is -2.22. The molecule has 0 amide bonds. The normalized spacial score (nSPS) is 11.9. The van der Waals surface area contributed by atoms with Crippen LogP contribution in [0.25, 0.3) is 0 Å². The molecule has 0 heterocycles. The quantitative estimate of drug-likeness (QED) is 0.718. The molecule has 0 fully saturated rings. The molecule has 0 aliphatic carbocycles. The van der Waals surface area contributed by atoms with E-state index in [1.54, 1.807) is 37.3 Å². The lowest BCUT2D eigenvalue weighted by atomic mass is 10.2. The Labute approximate surface area is 94.5 Å². The Kier molecular flexibility index (Phi) is 4.37. The lowest BCUT2D eigenvalue weighted by Gasteiger charge is -2.12. The smallest absolute Gasteiger partial charge is 0.176 e. The number of benzene rings is 1. The summed E-state index contributed by atoms with van der Waals surface area (Å²) in [5.41, 5.74) is 0. The van der Waals surface area contributed by atoms with E-state index >= 15 is 0 Å². The standard InChI is InChI=1S/C12H13ClO2/c1-3-5-12(14)9(2)15-11-7-4-6-10(13)8-11/h3-4,6-9H,1,5H2,2H3. The highest BCUT2D eigenvalue weighted by Crippen LogP contribution is 2.18. The Morgan fingerprint density at radius 1 is 1.67 bits per heavy atom. The number of ketones is 1. The lowest BCUT2D eigenvalue weighted by molar-refractivity contribution is -0.124. The third-order valence-corrected chi connectivity index (χ3v) is 2.14. The van der Waals surface area contributed by atoms with Crippen LogP contribution in [-0.4, -0.2) is 11.9 Å². The van der Waals surface area contributed by atoms with Gasteiger partial charge in [0.25, 0.3) is 0 Å². The van der Waals surface area contributed by atoms with E-state index in [-0.39, 0.29) is 5.78 Å². The van der Waals surface area contributed by atoms with Gasteiger partial charge in [0.1, 0.15) is 5.75 Å². The van der Waals surface area contributed by atoms with E-state index in [1.165, 1.54) is 0 Å². The molecule has 0 aliphatic heterocycles. The Balaban J connectivity index is 2.61. The molecule has 0 aromatic heterocycles. The van der Waals surface area contributed by atoms with Crippen LogP contribution < -0.4 is 4.74 Å². The number of rotatable bonds is 5. The molecule has 0 saturated carbocycles. The van der Waals surface area contributed by atoms with Crippen molar-refractivity contribution < 1.29 is 9.53 Å². The molecule has 0 spiro atoms. The van der Waals surface area contributed by atoms with Crippen molar-refractivity contribution in [2.75, 3.05) is 0 Å². The van der Waals surface area contributed by atoms with Crippen molar-refractivity contribution in [2.45, 2.75) is 19.4 Å². The summed E-state index contributed by atoms with van der Waals surface area (Å²) >= 11 is 5.79. The fourth-order valence-corrected chi connectivity index (χ4v) is 1.30. The van der Waals surface area contributed by atoms with Gasteiger partial charge in [-0.3, -0.25) is 4.79 Å². The number of hydrogen-bond donors (Lipinski definition) is 0. The third kappa shape index (κ3) is 3.76. The fraction of sp³-hybridized carbons (Fsp3) is 0.250. The van der Waals surface area contributed by atoms with E-state index in [0.717, 1.165) is 0 Å². The summed E-state index contributed by atoms with van der Waals surface area (Å²) in [6.45, 7) is 5.22. The molecular weight excluding hydrogens is 212 g/mol. The number of carbonyl (C=O) groups excluding carboxylic acids is 1. The highest BCUT2D eigenvalue weighted by molar-refractivity contribution is 6.30. The van der Waals surface area contributed by atoms with E-state index in [4.69, 9.17) is 16.3 Å². The van der Waals surface area contributed by atoms with Crippen LogP contribution >= 0.6 is 11.6 Å². The molecule has 1 rings (SSSR count). The largest absolute Gasteiger partial charge is 0.483 e. The number of hydrogen-bond acceptors (Lipinski definition) is 2. The monoisotopic (exact) mass is 224 g/mol. The minimum absolute atomic E-state index is 0.00461. The Morgan fingerprint density at radius 3 is 3.00 bits per heavy atom. The predicted octanol–water partition coefficient (Wildman–Crippen LogP) is 3.25. The highest BCUT2D eigenvalue weighted by atomic mass is 35.5. The van der Waals surface area contributed by atoms with Gasteiger partial charge in [0.05, 0.1) is 0 Å². The molecule has 1 aromatic carbocycles. The molecular formula is C12H13ClO2. The first kappa shape index (κ1) is 11.8. The molecule has 80 valence electrons. The summed E-state index contributed by atoms with van der Waals surface area (Å²) in [6, 6.07) is 6.98. The predicted molar refractivity (Wildman–Crippen MR) is 61.4 cm³/mol. The Hall–Kier alpha value is -1.28. The molecule has 15 heavy (non-hydrogen) atoms. The van der Waals surface area contributed by atoms with Gasteiger partial charge in [-0.05, 0) is 25.1 Å². The van der Waals surface area contributed by atoms with Crippen molar-refractivity contribution in [3.8, 4) is 5.75 Å². The van der Waals surface area contributed by atoms with Crippen molar-refractivity contribution in [2.24, 2.45) is 0 Å². The van der Waals surface area contributed by atoms with Crippen LogP contribution in [0.3, 0.4) is 0 Å². The van der Waals surface area contributed by atoms with Gasteiger partial charge in [0.15, 0.2) is 11.9 Å². The minimum Gasteiger partial charge on any atom is -0.483 e. The second-order valence-corrected chi connectivity index (χ2v) is 3.61. The van der Waals surface area contributed by atoms with Gasteiger partial charge in [-0.15, -0.1) is 6.58 Å². The van der Waals surface area contributed by atoms with Crippen LogP contribution in [0.5, 0.6) is 5.75 Å². The van der Waals surface area contributed by atoms with E-state index in [9.17, 15) is 4.79 Å². The average molecular weight is 225 g/mol. The van der Waals surface area contributed by atoms with Gasteiger partial charge in [-0.25, -0.2) is 0 Å². The van der Waals surface area contributed by atoms with E-state index in [0.29, 0.717) is 17.2 Å². The van der Waals surface area contributed by atoms with Crippen molar-refractivity contribution in [1.29, 1.82) is 0 Å². The molecule has 1 aromatic rings. The summed E-state index contributed by atoms with van der Waals surface area (Å²) in [5.74, 6) is 0.609. The molecule has 0 radical (unpaired) electrons. The molecule has 0 saturated heterocycles. The van der Waals surface area contributed by atoms with Crippen LogP contribution in [0, 0.1) is 0 Å². The van der Waals surface area contributed by atoms with Crippen LogP contribution in [-0.2, 0) is 4.79 Å². The second kappa shape index (κ2) is 5.56. The third-order valence-electron chi connectivity index (χ3n) is 1.91. The van der Waals surface area contributed by atoms with Crippen molar-refractivity contribution in [3.05, 3.63) is 41.9 Å². The van der Waals surface area contributed by atoms with E-state index in [1.807, 2.05) is 0 Å². The highest BCUT2D eigenvalue weighted by Gasteiger charge is 2.12. The van der Waals surface area contributed by atoms with Gasteiger partial charge >= 0.3 is 0 Å². The maximum atomic E-state index is 11.4. The topological polar surface area (TPSA) is 26.3 Å². The molecule has 3 heteroatoms. The number of ether oxygens (including phenoxy) is 1. The summed E-state index contributed by atoms with van der Waals surface area (Å²) in [5, 5.41) is 0.593. The molecule has 0 bridgehead atoms. The van der Waals surface area contributed by atoms with Gasteiger partial charge in [0, 0.05) is 11.4 Å². The van der Waals surface area contributed by atoms with Crippen molar-refractivity contribution in [1.82, 2.24) is 0 Å². The fourth-order valence-electron chi connectivity index (χ4n) is 1.12. The van der Waals surface area contributed by atoms with E-state index in [2.05, 4.69) is 6.58 Å². The summed E-state index contributed by atoms with van der Waals surface area (Å²) in [7, 11) is 0. The molecule has 1 atom stereocenters. The summed E-state index contributed by atoms with van der Waals surface area (Å²) in [4.78, 5) is 11.4. The average Bonchev–Trinajstić information content (AvgIpc) is 2.18. The number of carbonyl (C=O) groups is 1. The maximum absolute atomic E-state index is 11.4. The number of halogens is 1. The van der Waals surface area contributed by atoms with Crippen LogP contribution in [0.15, 0.2) is 36.9 Å². The minimum atomic E-state index is -0.471. The maximum Gasteiger partial charge on any atom is 0.176 e. The van der Waals surface area contributed by atoms with Gasteiger partial charge in [0.2, 0.25) is 0 Å². The van der Waals surface area contributed by atoms with Gasteiger partial charge in [-0.1, -0.05) is 23.7 Å². The molecule has 2 nitrogen and oxygen atoms in total. The zero-order valence-corrected chi connectivity index (χ0v) is 9.33. The van der Waals surface area contributed by atoms with Crippen LogP contribution in [0.2, 0.25) is 5.02 Å². The van der Waals surface area contributed by atoms with Crippen molar-refractivity contribution >= 4 is 17.4 Å². The molecule has 1 unspecified atom stereocenters. The van der Waals surface area contributed by atoms with Crippen molar-refractivity contribution in [3.63, 3.8) is 0 Å². The molecule has 0 aliphatic rings. The second-order valence-electron chi connectivity index (χ2n) is 3.18. The van der Waals surface area contributed by atoms with Crippen LogP contribution in [0.1, 0.15) is 13.3 Å². The zero-order valence-electron chi connectivity index (χ0n) is 8.57. The Bertz CT molecular complexity index is 360. The summed E-state index contributed by atoms with van der Waals surface area (Å²) < 4.78 is 5.43. The van der Waals surface area contributed by atoms with E-state index < -0.39 is 6.10 Å². The molecule has 0 N–H and O–H groups in total. The SMILES string of the molecule is C=CCC(=O)C(C)Oc1cccc(Cl)c1. The number of Topliss-reactive ketones (excluding diaryl/α,β-unsaturated/α-hetero) is 1. The Morgan fingerprint density at radius 2 is 2.40 bits per heavy atom. The first-order valence-corrected chi connectivity index (χ1v) is 5.07. The first-order chi connectivity index (χ1) is 7.13. The van der Waals surface area contributed by atoms with Gasteiger partial charge in [-0.2, -0.15) is 0 Å². The first-order valence-electron chi connectivity index (χ1n) is 4.69. The number of allylic oxidation sites excluding steroid dienone is 1. The zero-order chi connectivity index (χ0) is 11.3. The van der Waals surface area contributed by atoms with Crippen LogP contribution in [0.4, 0.5) is 0 Å².